The van der Waals surface area contributed by atoms with Gasteiger partial charge in [-0.15, -0.1) is 0 Å². The average molecular weight is 265 g/mol. The van der Waals surface area contributed by atoms with E-state index >= 15 is 0 Å². The minimum atomic E-state index is -0.964. The van der Waals surface area contributed by atoms with E-state index in [9.17, 15) is 14.4 Å². The molecule has 0 spiro atoms. The van der Waals surface area contributed by atoms with Crippen LogP contribution >= 0.6 is 11.8 Å². The maximum atomic E-state index is 11.9. The Morgan fingerprint density at radius 1 is 1.22 bits per heavy atom. The standard InChI is InChI=1S/C12H11NO4S/c1-12(2)9(14)13(11(16)18-12)10(15)17-8-6-4-3-5-7-8/h3-7H,1-2H3. The number of hydrogen-bond acceptors (Lipinski definition) is 5. The predicted octanol–water partition coefficient (Wildman–Crippen LogP) is 2.66. The molecule has 0 saturated carbocycles. The lowest BCUT2D eigenvalue weighted by atomic mass is 10.2. The predicted molar refractivity (Wildman–Crippen MR) is 66.4 cm³/mol. The molecule has 18 heavy (non-hydrogen) atoms. The molecular weight excluding hydrogens is 254 g/mol. The van der Waals surface area contributed by atoms with Crippen LogP contribution in [0.4, 0.5) is 9.59 Å². The molecule has 0 radical (unpaired) electrons. The molecule has 1 saturated heterocycles. The Hall–Kier alpha value is -1.82. The summed E-state index contributed by atoms with van der Waals surface area (Å²) in [6.07, 6.45) is -0.964. The molecule has 0 unspecified atom stereocenters. The molecule has 0 aromatic heterocycles. The van der Waals surface area contributed by atoms with Gasteiger partial charge >= 0.3 is 6.09 Å². The van der Waals surface area contributed by atoms with E-state index in [1.54, 1.807) is 44.2 Å². The van der Waals surface area contributed by atoms with Crippen molar-refractivity contribution in [2.45, 2.75) is 18.6 Å². The first kappa shape index (κ1) is 12.6. The summed E-state index contributed by atoms with van der Waals surface area (Å²) in [6, 6.07) is 8.29. The summed E-state index contributed by atoms with van der Waals surface area (Å²) in [5.74, 6) is -0.267. The highest BCUT2D eigenvalue weighted by molar-refractivity contribution is 8.16. The van der Waals surface area contributed by atoms with E-state index in [2.05, 4.69) is 0 Å². The number of hydrogen-bond donors (Lipinski definition) is 0. The summed E-state index contributed by atoms with van der Waals surface area (Å²) in [5.41, 5.74) is 0. The van der Waals surface area contributed by atoms with Crippen molar-refractivity contribution in [3.05, 3.63) is 30.3 Å². The van der Waals surface area contributed by atoms with Crippen LogP contribution in [-0.2, 0) is 4.79 Å². The summed E-state index contributed by atoms with van der Waals surface area (Å²) < 4.78 is 4.04. The van der Waals surface area contributed by atoms with Crippen molar-refractivity contribution in [1.82, 2.24) is 4.90 Å². The first-order valence-electron chi connectivity index (χ1n) is 5.26. The quantitative estimate of drug-likeness (QED) is 0.781. The Kier molecular flexibility index (Phi) is 3.13. The van der Waals surface area contributed by atoms with E-state index < -0.39 is 22.0 Å². The highest BCUT2D eigenvalue weighted by atomic mass is 32.2. The molecule has 1 aromatic carbocycles. The lowest BCUT2D eigenvalue weighted by Gasteiger charge is -2.14. The number of amides is 3. The van der Waals surface area contributed by atoms with Crippen molar-refractivity contribution >= 4 is 29.0 Å². The van der Waals surface area contributed by atoms with Crippen LogP contribution < -0.4 is 4.74 Å². The first-order chi connectivity index (χ1) is 8.42. The van der Waals surface area contributed by atoms with Crippen LogP contribution in [0.2, 0.25) is 0 Å². The van der Waals surface area contributed by atoms with Gasteiger partial charge < -0.3 is 4.74 Å². The monoisotopic (exact) mass is 265 g/mol. The van der Waals surface area contributed by atoms with Crippen molar-refractivity contribution in [1.29, 1.82) is 0 Å². The highest BCUT2D eigenvalue weighted by Crippen LogP contribution is 2.36. The zero-order chi connectivity index (χ0) is 13.3. The SMILES string of the molecule is CC1(C)SC(=O)N(C(=O)Oc2ccccc2)C1=O. The van der Waals surface area contributed by atoms with Gasteiger partial charge in [-0.3, -0.25) is 9.59 Å². The molecule has 94 valence electrons. The minimum absolute atomic E-state index is 0.290. The van der Waals surface area contributed by atoms with Gasteiger partial charge in [0, 0.05) is 0 Å². The molecule has 1 aliphatic heterocycles. The zero-order valence-corrected chi connectivity index (χ0v) is 10.7. The molecule has 0 atom stereocenters. The summed E-state index contributed by atoms with van der Waals surface area (Å²) in [4.78, 5) is 35.8. The Morgan fingerprint density at radius 2 is 1.83 bits per heavy atom. The Labute approximate surface area is 108 Å². The highest BCUT2D eigenvalue weighted by Gasteiger charge is 2.50. The molecule has 2 rings (SSSR count). The zero-order valence-electron chi connectivity index (χ0n) is 9.88. The van der Waals surface area contributed by atoms with Gasteiger partial charge in [0.15, 0.2) is 0 Å². The van der Waals surface area contributed by atoms with Gasteiger partial charge in [0.2, 0.25) is 0 Å². The third-order valence-corrected chi connectivity index (χ3v) is 3.42. The molecule has 6 heteroatoms. The number of benzene rings is 1. The van der Waals surface area contributed by atoms with E-state index in [0.717, 1.165) is 11.8 Å². The molecule has 1 aromatic rings. The second-order valence-electron chi connectivity index (χ2n) is 4.20. The minimum Gasteiger partial charge on any atom is -0.410 e. The topological polar surface area (TPSA) is 63.7 Å². The number of rotatable bonds is 1. The number of carbonyl (C=O) groups excluding carboxylic acids is 3. The van der Waals surface area contributed by atoms with Gasteiger partial charge in [0.05, 0.1) is 4.75 Å². The molecule has 0 aliphatic carbocycles. The van der Waals surface area contributed by atoms with Crippen LogP contribution in [0.5, 0.6) is 5.75 Å². The van der Waals surface area contributed by atoms with Gasteiger partial charge in [-0.25, -0.2) is 4.79 Å². The molecule has 5 nitrogen and oxygen atoms in total. The van der Waals surface area contributed by atoms with Crippen LogP contribution in [0, 0.1) is 0 Å². The Bertz CT molecular complexity index is 512. The third kappa shape index (κ3) is 2.24. The second kappa shape index (κ2) is 4.45. The summed E-state index contributed by atoms with van der Waals surface area (Å²) in [5, 5.41) is -0.606. The van der Waals surface area contributed by atoms with Crippen LogP contribution in [0.3, 0.4) is 0 Å². The summed E-state index contributed by atoms with van der Waals surface area (Å²) in [7, 11) is 0. The van der Waals surface area contributed by atoms with Crippen molar-refractivity contribution < 1.29 is 19.1 Å². The van der Waals surface area contributed by atoms with Crippen LogP contribution in [-0.4, -0.2) is 26.9 Å². The summed E-state index contributed by atoms with van der Waals surface area (Å²) in [6.45, 7) is 3.18. The van der Waals surface area contributed by atoms with E-state index in [4.69, 9.17) is 4.74 Å². The first-order valence-corrected chi connectivity index (χ1v) is 6.08. The third-order valence-electron chi connectivity index (χ3n) is 2.37. The number of imide groups is 3. The van der Waals surface area contributed by atoms with Gasteiger partial charge in [-0.2, -0.15) is 4.90 Å². The number of para-hydroxylation sites is 1. The fraction of sp³-hybridized carbons (Fsp3) is 0.250. The molecule has 1 fully saturated rings. The van der Waals surface area contributed by atoms with Crippen molar-refractivity contribution in [2.24, 2.45) is 0 Å². The smallest absolute Gasteiger partial charge is 0.410 e. The second-order valence-corrected chi connectivity index (χ2v) is 5.77. The maximum Gasteiger partial charge on any atom is 0.429 e. The average Bonchev–Trinajstić information content (AvgIpc) is 2.49. The molecule has 1 heterocycles. The fourth-order valence-corrected chi connectivity index (χ4v) is 2.32. The Morgan fingerprint density at radius 3 is 2.33 bits per heavy atom. The van der Waals surface area contributed by atoms with E-state index in [0.29, 0.717) is 4.90 Å². The molecule has 1 aliphatic rings. The number of carbonyl (C=O) groups is 3. The Balaban J connectivity index is 2.16. The van der Waals surface area contributed by atoms with E-state index in [-0.39, 0.29) is 5.75 Å². The van der Waals surface area contributed by atoms with Crippen LogP contribution in [0.25, 0.3) is 0 Å². The lowest BCUT2D eigenvalue weighted by molar-refractivity contribution is -0.127. The van der Waals surface area contributed by atoms with Gasteiger partial charge in [-0.1, -0.05) is 18.2 Å². The molecule has 0 bridgehead atoms. The van der Waals surface area contributed by atoms with E-state index in [1.165, 1.54) is 0 Å². The molecular formula is C12H11NO4S. The largest absolute Gasteiger partial charge is 0.429 e. The van der Waals surface area contributed by atoms with Gasteiger partial charge in [-0.05, 0) is 37.7 Å². The lowest BCUT2D eigenvalue weighted by Crippen LogP contribution is -2.41. The summed E-state index contributed by atoms with van der Waals surface area (Å²) >= 11 is 0.814. The molecule has 3 amide bonds. The van der Waals surface area contributed by atoms with Crippen molar-refractivity contribution in [3.8, 4) is 5.75 Å². The maximum absolute atomic E-state index is 11.9. The fourth-order valence-electron chi connectivity index (χ4n) is 1.45. The number of ether oxygens (including phenoxy) is 1. The van der Waals surface area contributed by atoms with E-state index in [1.807, 2.05) is 0 Å². The van der Waals surface area contributed by atoms with Gasteiger partial charge in [0.1, 0.15) is 5.75 Å². The van der Waals surface area contributed by atoms with Crippen LogP contribution in [0.1, 0.15) is 13.8 Å². The normalized spacial score (nSPS) is 18.0. The van der Waals surface area contributed by atoms with Crippen LogP contribution in [0.15, 0.2) is 30.3 Å². The van der Waals surface area contributed by atoms with Crippen molar-refractivity contribution in [3.63, 3.8) is 0 Å². The number of thioether (sulfide) groups is 1. The van der Waals surface area contributed by atoms with Crippen molar-refractivity contribution in [2.75, 3.05) is 0 Å². The van der Waals surface area contributed by atoms with Gasteiger partial charge in [0.25, 0.3) is 11.1 Å². The number of nitrogens with zero attached hydrogens (tertiary/aromatic N) is 1. The molecule has 0 N–H and O–H groups in total.